The van der Waals surface area contributed by atoms with Crippen LogP contribution in [0.1, 0.15) is 63.4 Å². The summed E-state index contributed by atoms with van der Waals surface area (Å²) in [4.78, 5) is 26.4. The molecule has 0 bridgehead atoms. The van der Waals surface area contributed by atoms with E-state index in [0.29, 0.717) is 12.8 Å². The number of aryl methyl sites for hydroxylation is 1. The molecule has 1 aliphatic heterocycles. The minimum atomic E-state index is 0.105. The molecule has 1 heterocycles. The topological polar surface area (TPSA) is 49.4 Å². The molecule has 0 spiro atoms. The van der Waals surface area contributed by atoms with Crippen LogP contribution in [0.4, 0.5) is 0 Å². The molecule has 1 atom stereocenters. The summed E-state index contributed by atoms with van der Waals surface area (Å²) in [5.74, 6) is 1.09. The molecule has 1 aromatic rings. The van der Waals surface area contributed by atoms with E-state index in [4.69, 9.17) is 0 Å². The highest BCUT2D eigenvalue weighted by Gasteiger charge is 2.27. The van der Waals surface area contributed by atoms with Gasteiger partial charge in [0.2, 0.25) is 11.8 Å². The van der Waals surface area contributed by atoms with Crippen molar-refractivity contribution in [1.82, 2.24) is 10.2 Å². The van der Waals surface area contributed by atoms with Crippen molar-refractivity contribution < 1.29 is 9.59 Å². The number of piperidine rings is 1. The lowest BCUT2D eigenvalue weighted by Crippen LogP contribution is -2.40. The van der Waals surface area contributed by atoms with Gasteiger partial charge in [0.05, 0.1) is 0 Å². The lowest BCUT2D eigenvalue weighted by molar-refractivity contribution is -0.132. The number of nitrogens with zero attached hydrogens (tertiary/aromatic N) is 1. The van der Waals surface area contributed by atoms with Gasteiger partial charge in [0.15, 0.2) is 0 Å². The summed E-state index contributed by atoms with van der Waals surface area (Å²) in [6.07, 6.45) is 11.9. The van der Waals surface area contributed by atoms with Crippen LogP contribution in [0, 0.1) is 5.92 Å². The number of benzene rings is 1. The Labute approximate surface area is 169 Å². The number of nitrogens with one attached hydrogen (secondary N) is 1. The average molecular weight is 383 g/mol. The monoisotopic (exact) mass is 382 g/mol. The summed E-state index contributed by atoms with van der Waals surface area (Å²) in [5, 5.41) is 2.99. The number of hydrogen-bond acceptors (Lipinski definition) is 2. The second-order valence-electron chi connectivity index (χ2n) is 8.16. The van der Waals surface area contributed by atoms with E-state index in [1.54, 1.807) is 0 Å². The minimum Gasteiger partial charge on any atom is -0.356 e. The quantitative estimate of drug-likeness (QED) is 0.513. The lowest BCUT2D eigenvalue weighted by atomic mass is 9.82. The van der Waals surface area contributed by atoms with Crippen molar-refractivity contribution in [2.24, 2.45) is 5.92 Å². The predicted molar refractivity (Wildman–Crippen MR) is 113 cm³/mol. The molecule has 1 aromatic carbocycles. The van der Waals surface area contributed by atoms with Gasteiger partial charge in [0.1, 0.15) is 0 Å². The van der Waals surface area contributed by atoms with Crippen molar-refractivity contribution in [2.45, 2.75) is 64.2 Å². The van der Waals surface area contributed by atoms with E-state index in [1.807, 2.05) is 23.1 Å². The standard InChI is InChI=1S/C24H34N2O2/c27-23(25-17-8-11-20-9-2-1-3-10-20)14-6-7-15-24(28)26-18-16-21-12-4-5-13-22(21)19-26/h1-3,9-10,13,21H,4-8,11-12,14-19H2,(H,25,27). The number of rotatable bonds is 9. The number of carbonyl (C=O) groups is 2. The van der Waals surface area contributed by atoms with Gasteiger partial charge in [-0.1, -0.05) is 42.0 Å². The van der Waals surface area contributed by atoms with Gasteiger partial charge in [-0.25, -0.2) is 0 Å². The highest BCUT2D eigenvalue weighted by molar-refractivity contribution is 5.77. The van der Waals surface area contributed by atoms with Crippen LogP contribution >= 0.6 is 0 Å². The number of unbranched alkanes of at least 4 members (excludes halogenated alkanes) is 1. The van der Waals surface area contributed by atoms with Crippen molar-refractivity contribution in [1.29, 1.82) is 0 Å². The number of fused-ring (bicyclic) bond motifs is 1. The number of carbonyl (C=O) groups excluding carboxylic acids is 2. The molecule has 4 heteroatoms. The fraction of sp³-hybridized carbons (Fsp3) is 0.583. The predicted octanol–water partition coefficient (Wildman–Crippen LogP) is 4.25. The molecule has 0 radical (unpaired) electrons. The zero-order valence-electron chi connectivity index (χ0n) is 17.0. The molecule has 1 aliphatic carbocycles. The Kier molecular flexibility index (Phi) is 8.13. The van der Waals surface area contributed by atoms with Gasteiger partial charge in [-0.05, 0) is 62.8 Å². The summed E-state index contributed by atoms with van der Waals surface area (Å²) in [6, 6.07) is 10.3. The third kappa shape index (κ3) is 6.50. The SMILES string of the molecule is O=C(CCCCC(=O)N1CCC2CCCC=C2C1)NCCCc1ccccc1. The number of amides is 2. The smallest absolute Gasteiger partial charge is 0.222 e. The highest BCUT2D eigenvalue weighted by Crippen LogP contribution is 2.32. The minimum absolute atomic E-state index is 0.105. The summed E-state index contributed by atoms with van der Waals surface area (Å²) < 4.78 is 0. The van der Waals surface area contributed by atoms with E-state index >= 15 is 0 Å². The van der Waals surface area contributed by atoms with Crippen molar-refractivity contribution in [3.63, 3.8) is 0 Å². The highest BCUT2D eigenvalue weighted by atomic mass is 16.2. The largest absolute Gasteiger partial charge is 0.356 e. The van der Waals surface area contributed by atoms with Crippen LogP contribution in [0.15, 0.2) is 42.0 Å². The van der Waals surface area contributed by atoms with Crippen LogP contribution in [-0.4, -0.2) is 36.3 Å². The molecule has 1 N–H and O–H groups in total. The maximum absolute atomic E-state index is 12.5. The number of hydrogen-bond donors (Lipinski definition) is 1. The summed E-state index contributed by atoms with van der Waals surface area (Å²) >= 11 is 0. The second kappa shape index (κ2) is 11.0. The van der Waals surface area contributed by atoms with Gasteiger partial charge in [-0.2, -0.15) is 0 Å². The maximum atomic E-state index is 12.5. The molecule has 1 saturated heterocycles. The molecule has 0 saturated carbocycles. The first kappa shape index (κ1) is 20.6. The molecule has 0 aromatic heterocycles. The first-order valence-corrected chi connectivity index (χ1v) is 11.0. The Balaban J connectivity index is 1.23. The fourth-order valence-electron chi connectivity index (χ4n) is 4.32. The van der Waals surface area contributed by atoms with Crippen LogP contribution in [0.25, 0.3) is 0 Å². The second-order valence-corrected chi connectivity index (χ2v) is 8.16. The zero-order chi connectivity index (χ0) is 19.6. The van der Waals surface area contributed by atoms with Gasteiger partial charge in [0, 0.05) is 32.5 Å². The first-order chi connectivity index (χ1) is 13.7. The van der Waals surface area contributed by atoms with Crippen LogP contribution in [-0.2, 0) is 16.0 Å². The Bertz CT molecular complexity index is 668. The lowest BCUT2D eigenvalue weighted by Gasteiger charge is -2.36. The van der Waals surface area contributed by atoms with Gasteiger partial charge in [0.25, 0.3) is 0 Å². The van der Waals surface area contributed by atoms with Crippen LogP contribution < -0.4 is 5.32 Å². The third-order valence-electron chi connectivity index (χ3n) is 6.01. The van der Waals surface area contributed by atoms with Crippen LogP contribution in [0.2, 0.25) is 0 Å². The average Bonchev–Trinajstić information content (AvgIpc) is 2.74. The van der Waals surface area contributed by atoms with E-state index in [0.717, 1.165) is 57.7 Å². The van der Waals surface area contributed by atoms with Gasteiger partial charge < -0.3 is 10.2 Å². The molecule has 4 nitrogen and oxygen atoms in total. The molecule has 2 amide bonds. The Morgan fingerprint density at radius 2 is 1.86 bits per heavy atom. The number of likely N-dealkylation sites (tertiary alicyclic amines) is 1. The summed E-state index contributed by atoms with van der Waals surface area (Å²) in [6.45, 7) is 2.46. The van der Waals surface area contributed by atoms with E-state index in [9.17, 15) is 9.59 Å². The fourth-order valence-corrected chi connectivity index (χ4v) is 4.32. The molecule has 1 fully saturated rings. The molecular formula is C24H34N2O2. The van der Waals surface area contributed by atoms with Gasteiger partial charge >= 0.3 is 0 Å². The van der Waals surface area contributed by atoms with Crippen molar-refractivity contribution in [2.75, 3.05) is 19.6 Å². The normalized spacial score (nSPS) is 18.9. The molecular weight excluding hydrogens is 348 g/mol. The zero-order valence-corrected chi connectivity index (χ0v) is 17.0. The summed E-state index contributed by atoms with van der Waals surface area (Å²) in [5.41, 5.74) is 2.80. The molecule has 152 valence electrons. The van der Waals surface area contributed by atoms with Crippen molar-refractivity contribution in [3.8, 4) is 0 Å². The molecule has 1 unspecified atom stereocenters. The third-order valence-corrected chi connectivity index (χ3v) is 6.01. The van der Waals surface area contributed by atoms with Crippen molar-refractivity contribution in [3.05, 3.63) is 47.5 Å². The molecule has 28 heavy (non-hydrogen) atoms. The number of allylic oxidation sites excluding steroid dienone is 1. The van der Waals surface area contributed by atoms with E-state index in [2.05, 4.69) is 23.5 Å². The molecule has 3 rings (SSSR count). The van der Waals surface area contributed by atoms with Crippen LogP contribution in [0.5, 0.6) is 0 Å². The van der Waals surface area contributed by atoms with Crippen LogP contribution in [0.3, 0.4) is 0 Å². The van der Waals surface area contributed by atoms with Gasteiger partial charge in [-0.15, -0.1) is 0 Å². The van der Waals surface area contributed by atoms with Gasteiger partial charge in [-0.3, -0.25) is 9.59 Å². The maximum Gasteiger partial charge on any atom is 0.222 e. The molecule has 2 aliphatic rings. The first-order valence-electron chi connectivity index (χ1n) is 11.0. The summed E-state index contributed by atoms with van der Waals surface area (Å²) in [7, 11) is 0. The van der Waals surface area contributed by atoms with E-state index < -0.39 is 0 Å². The Morgan fingerprint density at radius 1 is 1.04 bits per heavy atom. The van der Waals surface area contributed by atoms with E-state index in [-0.39, 0.29) is 11.8 Å². The van der Waals surface area contributed by atoms with E-state index in [1.165, 1.54) is 30.4 Å². The Morgan fingerprint density at radius 3 is 2.71 bits per heavy atom. The Hall–Kier alpha value is -2.10. The van der Waals surface area contributed by atoms with Crippen molar-refractivity contribution >= 4 is 11.8 Å².